The molecule has 2 N–H and O–H groups in total. The fraction of sp³-hybridized carbons (Fsp3) is 0.455. The van der Waals surface area contributed by atoms with E-state index in [1.54, 1.807) is 6.07 Å². The van der Waals surface area contributed by atoms with Gasteiger partial charge in [-0.25, -0.2) is 4.39 Å². The van der Waals surface area contributed by atoms with E-state index in [-0.39, 0.29) is 5.75 Å². The molecule has 0 saturated heterocycles. The number of nitrogens with one attached hydrogen (secondary N) is 1. The first-order valence-corrected chi connectivity index (χ1v) is 4.94. The minimum atomic E-state index is -0.561. The number of likely N-dealkylation sites (N-methyl/N-ethyl adjacent to an activating group) is 2. The Morgan fingerprint density at radius 1 is 1.47 bits per heavy atom. The quantitative estimate of drug-likeness (QED) is 0.769. The lowest BCUT2D eigenvalue weighted by atomic mass is 10.2. The number of hydrogen-bond acceptors (Lipinski definition) is 3. The van der Waals surface area contributed by atoms with Gasteiger partial charge >= 0.3 is 0 Å². The van der Waals surface area contributed by atoms with Gasteiger partial charge in [-0.2, -0.15) is 0 Å². The van der Waals surface area contributed by atoms with Crippen molar-refractivity contribution < 1.29 is 9.50 Å². The number of hydrogen-bond donors (Lipinski definition) is 2. The monoisotopic (exact) mass is 212 g/mol. The molecule has 1 aromatic carbocycles. The molecule has 0 aliphatic rings. The number of halogens is 1. The van der Waals surface area contributed by atoms with Gasteiger partial charge in [0.25, 0.3) is 0 Å². The summed E-state index contributed by atoms with van der Waals surface area (Å²) in [5.74, 6) is -0.855. The lowest BCUT2D eigenvalue weighted by Crippen LogP contribution is -2.26. The molecule has 84 valence electrons. The van der Waals surface area contributed by atoms with Gasteiger partial charge in [0.15, 0.2) is 11.6 Å². The summed E-state index contributed by atoms with van der Waals surface area (Å²) in [7, 11) is 3.87. The van der Waals surface area contributed by atoms with Gasteiger partial charge in [-0.3, -0.25) is 0 Å². The number of benzene rings is 1. The Morgan fingerprint density at radius 2 is 2.20 bits per heavy atom. The van der Waals surface area contributed by atoms with E-state index in [2.05, 4.69) is 10.2 Å². The van der Waals surface area contributed by atoms with Crippen LogP contribution in [0.25, 0.3) is 0 Å². The van der Waals surface area contributed by atoms with Crippen LogP contribution in [-0.2, 0) is 6.54 Å². The molecule has 4 heteroatoms. The Kier molecular flexibility index (Phi) is 4.52. The first kappa shape index (κ1) is 11.9. The molecule has 0 heterocycles. The average Bonchev–Trinajstić information content (AvgIpc) is 2.20. The van der Waals surface area contributed by atoms with Crippen LogP contribution in [0.4, 0.5) is 4.39 Å². The number of aromatic hydroxyl groups is 1. The third-order valence-corrected chi connectivity index (χ3v) is 2.21. The minimum Gasteiger partial charge on any atom is -0.505 e. The Balaban J connectivity index is 2.53. The van der Waals surface area contributed by atoms with Crippen LogP contribution in [0.3, 0.4) is 0 Å². The predicted octanol–water partition coefficient (Wildman–Crippen LogP) is 1.18. The maximum Gasteiger partial charge on any atom is 0.165 e. The van der Waals surface area contributed by atoms with Crippen LogP contribution in [0.5, 0.6) is 5.75 Å². The highest BCUT2D eigenvalue weighted by Crippen LogP contribution is 2.16. The summed E-state index contributed by atoms with van der Waals surface area (Å²) >= 11 is 0. The minimum absolute atomic E-state index is 0.295. The van der Waals surface area contributed by atoms with Crippen molar-refractivity contribution >= 4 is 0 Å². The molecule has 1 aromatic rings. The summed E-state index contributed by atoms with van der Waals surface area (Å²) in [5.41, 5.74) is 0.865. The summed E-state index contributed by atoms with van der Waals surface area (Å²) in [5, 5.41) is 12.1. The van der Waals surface area contributed by atoms with Crippen LogP contribution < -0.4 is 5.32 Å². The highest BCUT2D eigenvalue weighted by atomic mass is 19.1. The number of phenolic OH excluding ortho intramolecular Hbond substituents is 1. The van der Waals surface area contributed by atoms with Crippen LogP contribution in [0.1, 0.15) is 5.56 Å². The molecule has 0 saturated carbocycles. The van der Waals surface area contributed by atoms with E-state index in [9.17, 15) is 4.39 Å². The average molecular weight is 212 g/mol. The van der Waals surface area contributed by atoms with Gasteiger partial charge in [-0.1, -0.05) is 6.07 Å². The van der Waals surface area contributed by atoms with Gasteiger partial charge in [0.2, 0.25) is 0 Å². The van der Waals surface area contributed by atoms with Crippen molar-refractivity contribution in [3.8, 4) is 5.75 Å². The van der Waals surface area contributed by atoms with E-state index in [1.165, 1.54) is 12.1 Å². The molecule has 0 radical (unpaired) electrons. The number of phenols is 1. The third-order valence-electron chi connectivity index (χ3n) is 2.21. The molecule has 0 amide bonds. The first-order valence-electron chi connectivity index (χ1n) is 4.94. The highest BCUT2D eigenvalue weighted by molar-refractivity contribution is 5.27. The maximum absolute atomic E-state index is 13.0. The van der Waals surface area contributed by atoms with E-state index in [1.807, 2.05) is 14.1 Å². The van der Waals surface area contributed by atoms with Crippen LogP contribution >= 0.6 is 0 Å². The zero-order valence-electron chi connectivity index (χ0n) is 9.13. The summed E-state index contributed by atoms with van der Waals surface area (Å²) in [6, 6.07) is 4.48. The Labute approximate surface area is 89.5 Å². The lowest BCUT2D eigenvalue weighted by Gasteiger charge is -2.16. The SMILES string of the molecule is CNCCN(C)Cc1ccc(O)c(F)c1. The van der Waals surface area contributed by atoms with Gasteiger partial charge in [0.05, 0.1) is 0 Å². The Bertz CT molecular complexity index is 317. The van der Waals surface area contributed by atoms with Crippen molar-refractivity contribution in [1.82, 2.24) is 10.2 Å². The molecule has 0 aliphatic carbocycles. The second kappa shape index (κ2) is 5.68. The zero-order valence-corrected chi connectivity index (χ0v) is 9.13. The largest absolute Gasteiger partial charge is 0.505 e. The van der Waals surface area contributed by atoms with Crippen molar-refractivity contribution in [2.24, 2.45) is 0 Å². The van der Waals surface area contributed by atoms with Gasteiger partial charge in [0, 0.05) is 19.6 Å². The van der Waals surface area contributed by atoms with Crippen molar-refractivity contribution in [2.45, 2.75) is 6.54 Å². The van der Waals surface area contributed by atoms with E-state index in [0.29, 0.717) is 6.54 Å². The van der Waals surface area contributed by atoms with Crippen LogP contribution in [-0.4, -0.2) is 37.2 Å². The molecule has 0 aromatic heterocycles. The highest BCUT2D eigenvalue weighted by Gasteiger charge is 2.04. The van der Waals surface area contributed by atoms with Gasteiger partial charge in [-0.15, -0.1) is 0 Å². The molecule has 0 atom stereocenters. The Hall–Kier alpha value is -1.13. The fourth-order valence-electron chi connectivity index (χ4n) is 1.34. The van der Waals surface area contributed by atoms with Crippen molar-refractivity contribution in [3.05, 3.63) is 29.6 Å². The maximum atomic E-state index is 13.0. The van der Waals surface area contributed by atoms with Crippen molar-refractivity contribution in [2.75, 3.05) is 27.2 Å². The summed E-state index contributed by atoms with van der Waals surface area (Å²) < 4.78 is 13.0. The normalized spacial score (nSPS) is 10.9. The predicted molar refractivity (Wildman–Crippen MR) is 58.3 cm³/mol. The molecule has 0 unspecified atom stereocenters. The molecular formula is C11H17FN2O. The van der Waals surface area contributed by atoms with Crippen molar-refractivity contribution in [3.63, 3.8) is 0 Å². The molecule has 3 nitrogen and oxygen atoms in total. The van der Waals surface area contributed by atoms with Crippen LogP contribution in [0, 0.1) is 5.82 Å². The summed E-state index contributed by atoms with van der Waals surface area (Å²) in [4.78, 5) is 2.09. The van der Waals surface area contributed by atoms with Gasteiger partial charge in [0.1, 0.15) is 0 Å². The van der Waals surface area contributed by atoms with E-state index in [4.69, 9.17) is 5.11 Å². The molecule has 1 rings (SSSR count). The van der Waals surface area contributed by atoms with E-state index < -0.39 is 5.82 Å². The van der Waals surface area contributed by atoms with E-state index >= 15 is 0 Å². The van der Waals surface area contributed by atoms with Crippen LogP contribution in [0.15, 0.2) is 18.2 Å². The second-order valence-electron chi connectivity index (χ2n) is 3.63. The molecule has 0 aliphatic heterocycles. The van der Waals surface area contributed by atoms with Gasteiger partial charge < -0.3 is 15.3 Å². The molecule has 0 fully saturated rings. The summed E-state index contributed by atoms with van der Waals surface area (Å²) in [6.07, 6.45) is 0. The first-order chi connectivity index (χ1) is 7.13. The van der Waals surface area contributed by atoms with E-state index in [0.717, 1.165) is 18.7 Å². The van der Waals surface area contributed by atoms with Gasteiger partial charge in [-0.05, 0) is 31.8 Å². The fourth-order valence-corrected chi connectivity index (χ4v) is 1.34. The molecule has 0 spiro atoms. The lowest BCUT2D eigenvalue weighted by molar-refractivity contribution is 0.327. The second-order valence-corrected chi connectivity index (χ2v) is 3.63. The standard InChI is InChI=1S/C11H17FN2O/c1-13-5-6-14(2)8-9-3-4-11(15)10(12)7-9/h3-4,7,13,15H,5-6,8H2,1-2H3. The molecule has 15 heavy (non-hydrogen) atoms. The van der Waals surface area contributed by atoms with Crippen LogP contribution in [0.2, 0.25) is 0 Å². The molecular weight excluding hydrogens is 195 g/mol. The summed E-state index contributed by atoms with van der Waals surface area (Å²) in [6.45, 7) is 2.48. The molecule has 0 bridgehead atoms. The number of nitrogens with zero attached hydrogens (tertiary/aromatic N) is 1. The number of rotatable bonds is 5. The van der Waals surface area contributed by atoms with Crippen molar-refractivity contribution in [1.29, 1.82) is 0 Å². The Morgan fingerprint density at radius 3 is 2.80 bits per heavy atom. The zero-order chi connectivity index (χ0) is 11.3. The smallest absolute Gasteiger partial charge is 0.165 e. The topological polar surface area (TPSA) is 35.5 Å². The third kappa shape index (κ3) is 3.85.